The van der Waals surface area contributed by atoms with Gasteiger partial charge in [0.1, 0.15) is 0 Å². The van der Waals surface area contributed by atoms with Crippen LogP contribution in [-0.4, -0.2) is 23.7 Å². The third kappa shape index (κ3) is 4.12. The Morgan fingerprint density at radius 1 is 1.44 bits per heavy atom. The first-order chi connectivity index (χ1) is 7.67. The number of amides is 1. The van der Waals surface area contributed by atoms with Crippen molar-refractivity contribution in [2.45, 2.75) is 58.4 Å². The average molecular weight is 227 g/mol. The van der Waals surface area contributed by atoms with Crippen molar-refractivity contribution in [1.82, 2.24) is 5.32 Å². The summed E-state index contributed by atoms with van der Waals surface area (Å²) < 4.78 is 0. The number of rotatable bonds is 5. The summed E-state index contributed by atoms with van der Waals surface area (Å²) in [5.74, 6) is 0.880. The monoisotopic (exact) mass is 227 g/mol. The topological polar surface area (TPSA) is 49.3 Å². The van der Waals surface area contributed by atoms with Gasteiger partial charge >= 0.3 is 0 Å². The number of hydrogen-bond donors (Lipinski definition) is 2. The van der Waals surface area contributed by atoms with Gasteiger partial charge in [0.2, 0.25) is 5.91 Å². The van der Waals surface area contributed by atoms with Gasteiger partial charge in [-0.15, -0.1) is 0 Å². The third-order valence-electron chi connectivity index (χ3n) is 3.72. The Morgan fingerprint density at radius 3 is 2.75 bits per heavy atom. The molecule has 0 radical (unpaired) electrons. The summed E-state index contributed by atoms with van der Waals surface area (Å²) in [4.78, 5) is 11.7. The number of carbonyl (C=O) groups is 1. The highest BCUT2D eigenvalue weighted by molar-refractivity contribution is 5.76. The minimum absolute atomic E-state index is 0.152. The van der Waals surface area contributed by atoms with Crippen LogP contribution in [0.2, 0.25) is 0 Å². The van der Waals surface area contributed by atoms with E-state index in [0.717, 1.165) is 19.3 Å². The van der Waals surface area contributed by atoms with E-state index in [2.05, 4.69) is 19.2 Å². The molecule has 3 unspecified atom stereocenters. The Labute approximate surface area is 98.6 Å². The van der Waals surface area contributed by atoms with Gasteiger partial charge in [-0.25, -0.2) is 0 Å². The fourth-order valence-corrected chi connectivity index (χ4v) is 2.34. The van der Waals surface area contributed by atoms with Crippen molar-refractivity contribution in [3.8, 4) is 0 Å². The van der Waals surface area contributed by atoms with E-state index in [-0.39, 0.29) is 24.5 Å². The van der Waals surface area contributed by atoms with Crippen LogP contribution in [0.25, 0.3) is 0 Å². The largest absolute Gasteiger partial charge is 0.396 e. The first kappa shape index (κ1) is 13.5. The van der Waals surface area contributed by atoms with E-state index in [4.69, 9.17) is 0 Å². The van der Waals surface area contributed by atoms with Gasteiger partial charge < -0.3 is 10.4 Å². The molecule has 0 spiro atoms. The van der Waals surface area contributed by atoms with Crippen LogP contribution in [-0.2, 0) is 4.79 Å². The van der Waals surface area contributed by atoms with Crippen LogP contribution in [0.1, 0.15) is 52.4 Å². The Hall–Kier alpha value is -0.570. The molecule has 1 amide bonds. The molecule has 1 saturated carbocycles. The minimum atomic E-state index is 0.152. The van der Waals surface area contributed by atoms with E-state index >= 15 is 0 Å². The molecule has 2 N–H and O–H groups in total. The normalized spacial score (nSPS) is 27.4. The summed E-state index contributed by atoms with van der Waals surface area (Å²) in [5.41, 5.74) is 0. The number of carbonyl (C=O) groups excluding carboxylic acids is 1. The molecule has 1 aliphatic carbocycles. The van der Waals surface area contributed by atoms with Gasteiger partial charge in [0.15, 0.2) is 0 Å². The lowest BCUT2D eigenvalue weighted by Gasteiger charge is -2.31. The molecular formula is C13H25NO2. The van der Waals surface area contributed by atoms with Crippen LogP contribution >= 0.6 is 0 Å². The van der Waals surface area contributed by atoms with E-state index in [1.165, 1.54) is 12.8 Å². The van der Waals surface area contributed by atoms with Crippen molar-refractivity contribution >= 4 is 5.91 Å². The highest BCUT2D eigenvalue weighted by Crippen LogP contribution is 2.24. The fraction of sp³-hybridized carbons (Fsp3) is 0.923. The third-order valence-corrected chi connectivity index (χ3v) is 3.72. The summed E-state index contributed by atoms with van der Waals surface area (Å²) >= 11 is 0. The molecule has 0 saturated heterocycles. The van der Waals surface area contributed by atoms with Crippen LogP contribution in [0.5, 0.6) is 0 Å². The number of hydrogen-bond acceptors (Lipinski definition) is 2. The van der Waals surface area contributed by atoms with Crippen molar-refractivity contribution in [2.24, 2.45) is 11.8 Å². The van der Waals surface area contributed by atoms with Gasteiger partial charge in [0, 0.05) is 25.0 Å². The van der Waals surface area contributed by atoms with Crippen molar-refractivity contribution in [2.75, 3.05) is 6.61 Å². The van der Waals surface area contributed by atoms with Crippen molar-refractivity contribution in [3.63, 3.8) is 0 Å². The predicted molar refractivity (Wildman–Crippen MR) is 65.0 cm³/mol. The van der Waals surface area contributed by atoms with Crippen LogP contribution in [0.15, 0.2) is 0 Å². The molecule has 0 aromatic heterocycles. The summed E-state index contributed by atoms with van der Waals surface area (Å²) in [6.45, 7) is 4.41. The zero-order chi connectivity index (χ0) is 12.0. The number of aliphatic hydroxyl groups is 1. The Balaban J connectivity index is 2.36. The maximum atomic E-state index is 11.7. The molecule has 0 aromatic carbocycles. The molecule has 3 nitrogen and oxygen atoms in total. The fourth-order valence-electron chi connectivity index (χ4n) is 2.34. The van der Waals surface area contributed by atoms with Crippen LogP contribution < -0.4 is 5.32 Å². The summed E-state index contributed by atoms with van der Waals surface area (Å²) in [6, 6.07) is 0.204. The molecule has 94 valence electrons. The molecular weight excluding hydrogens is 202 g/mol. The lowest BCUT2D eigenvalue weighted by molar-refractivity contribution is -0.123. The van der Waals surface area contributed by atoms with E-state index in [1.54, 1.807) is 0 Å². The lowest BCUT2D eigenvalue weighted by atomic mass is 9.85. The summed E-state index contributed by atoms with van der Waals surface area (Å²) in [7, 11) is 0. The summed E-state index contributed by atoms with van der Waals surface area (Å²) in [6.07, 6.45) is 6.09. The number of nitrogens with one attached hydrogen (secondary N) is 1. The molecule has 1 fully saturated rings. The van der Waals surface area contributed by atoms with Crippen molar-refractivity contribution < 1.29 is 9.90 Å². The van der Waals surface area contributed by atoms with E-state index in [9.17, 15) is 9.90 Å². The molecule has 3 heteroatoms. The second-order valence-electron chi connectivity index (χ2n) is 5.12. The van der Waals surface area contributed by atoms with Crippen molar-refractivity contribution in [3.05, 3.63) is 0 Å². The van der Waals surface area contributed by atoms with Gasteiger partial charge in [-0.3, -0.25) is 4.79 Å². The van der Waals surface area contributed by atoms with Gasteiger partial charge in [0.05, 0.1) is 0 Å². The van der Waals surface area contributed by atoms with Crippen LogP contribution in [0.4, 0.5) is 0 Å². The Kier molecular flexibility index (Phi) is 5.81. The highest BCUT2D eigenvalue weighted by Gasteiger charge is 2.25. The van der Waals surface area contributed by atoms with Crippen molar-refractivity contribution in [1.29, 1.82) is 0 Å². The molecule has 0 bridgehead atoms. The molecule has 1 rings (SSSR count). The van der Waals surface area contributed by atoms with Crippen LogP contribution in [0.3, 0.4) is 0 Å². The molecule has 0 aromatic rings. The molecule has 0 aliphatic heterocycles. The smallest absolute Gasteiger partial charge is 0.220 e. The molecule has 0 heterocycles. The van der Waals surface area contributed by atoms with E-state index < -0.39 is 0 Å². The quantitative estimate of drug-likeness (QED) is 0.755. The Morgan fingerprint density at radius 2 is 2.12 bits per heavy atom. The van der Waals surface area contributed by atoms with Gasteiger partial charge in [0.25, 0.3) is 0 Å². The maximum Gasteiger partial charge on any atom is 0.220 e. The van der Waals surface area contributed by atoms with Crippen LogP contribution in [0, 0.1) is 11.8 Å². The molecule has 16 heavy (non-hydrogen) atoms. The second kappa shape index (κ2) is 6.89. The average Bonchev–Trinajstić information content (AvgIpc) is 2.29. The molecule has 3 atom stereocenters. The van der Waals surface area contributed by atoms with E-state index in [1.807, 2.05) is 0 Å². The lowest BCUT2D eigenvalue weighted by Crippen LogP contribution is -2.43. The maximum absolute atomic E-state index is 11.7. The van der Waals surface area contributed by atoms with E-state index in [0.29, 0.717) is 12.3 Å². The zero-order valence-corrected chi connectivity index (χ0v) is 10.5. The first-order valence-electron chi connectivity index (χ1n) is 6.57. The minimum Gasteiger partial charge on any atom is -0.396 e. The predicted octanol–water partition coefficient (Wildman–Crippen LogP) is 2.09. The molecule has 1 aliphatic rings. The highest BCUT2D eigenvalue weighted by atomic mass is 16.3. The second-order valence-corrected chi connectivity index (χ2v) is 5.12. The van der Waals surface area contributed by atoms with Gasteiger partial charge in [-0.05, 0) is 18.8 Å². The van der Waals surface area contributed by atoms with Gasteiger partial charge in [-0.2, -0.15) is 0 Å². The Bertz CT molecular complexity index is 218. The summed E-state index contributed by atoms with van der Waals surface area (Å²) in [5, 5.41) is 12.3. The van der Waals surface area contributed by atoms with Gasteiger partial charge in [-0.1, -0.05) is 33.1 Å². The zero-order valence-electron chi connectivity index (χ0n) is 10.5. The standard InChI is InChI=1S/C13H25NO2/c1-3-10(2)8-13(16)14-12-7-5-4-6-11(12)9-15/h10-12,15H,3-9H2,1-2H3,(H,14,16). The first-order valence-corrected chi connectivity index (χ1v) is 6.57. The SMILES string of the molecule is CCC(C)CC(=O)NC1CCCCC1CO. The number of aliphatic hydroxyl groups excluding tert-OH is 1.